The molecule has 0 atom stereocenters. The molecule has 3 aromatic rings. The smallest absolute Gasteiger partial charge is 0.225 e. The maximum absolute atomic E-state index is 6.08. The molecular formula is C20H23ClN6. The SMILES string of the molecule is CN(C)CCCNc1nc(Nc2cccc(Cl)c2)cc(-c2ccncc2)n1. The van der Waals surface area contributed by atoms with Crippen molar-refractivity contribution in [3.05, 3.63) is 59.9 Å². The van der Waals surface area contributed by atoms with E-state index in [1.54, 1.807) is 12.4 Å². The summed E-state index contributed by atoms with van der Waals surface area (Å²) in [5.74, 6) is 1.29. The fourth-order valence-electron chi connectivity index (χ4n) is 2.57. The number of halogens is 1. The average Bonchev–Trinajstić information content (AvgIpc) is 2.66. The standard InChI is InChI=1S/C20H23ClN6/c1-27(2)12-4-9-23-20-25-18(15-7-10-22-11-8-15)14-19(26-20)24-17-6-3-5-16(21)13-17/h3,5-8,10-11,13-14H,4,9,12H2,1-2H3,(H2,23,24,25,26). The molecule has 7 heteroatoms. The molecule has 0 aliphatic heterocycles. The fraction of sp³-hybridized carbons (Fsp3) is 0.250. The van der Waals surface area contributed by atoms with Gasteiger partial charge in [0.15, 0.2) is 0 Å². The molecule has 3 rings (SSSR count). The first-order valence-electron chi connectivity index (χ1n) is 8.81. The topological polar surface area (TPSA) is 66.0 Å². The van der Waals surface area contributed by atoms with Crippen LogP contribution in [0.3, 0.4) is 0 Å². The monoisotopic (exact) mass is 382 g/mol. The van der Waals surface area contributed by atoms with Crippen molar-refractivity contribution in [2.75, 3.05) is 37.8 Å². The third-order valence-electron chi connectivity index (χ3n) is 3.86. The lowest BCUT2D eigenvalue weighted by atomic mass is 10.2. The van der Waals surface area contributed by atoms with Crippen molar-refractivity contribution >= 4 is 29.1 Å². The number of rotatable bonds is 8. The number of nitrogens with one attached hydrogen (secondary N) is 2. The maximum Gasteiger partial charge on any atom is 0.225 e. The van der Waals surface area contributed by atoms with Gasteiger partial charge in [0.25, 0.3) is 0 Å². The minimum Gasteiger partial charge on any atom is -0.354 e. The molecule has 0 unspecified atom stereocenters. The second kappa shape index (κ2) is 9.30. The third-order valence-corrected chi connectivity index (χ3v) is 4.10. The molecule has 2 N–H and O–H groups in total. The number of anilines is 3. The highest BCUT2D eigenvalue weighted by Crippen LogP contribution is 2.24. The summed E-state index contributed by atoms with van der Waals surface area (Å²) in [6, 6.07) is 13.3. The van der Waals surface area contributed by atoms with Crippen molar-refractivity contribution in [1.29, 1.82) is 0 Å². The first-order chi connectivity index (χ1) is 13.1. The highest BCUT2D eigenvalue weighted by molar-refractivity contribution is 6.30. The van der Waals surface area contributed by atoms with E-state index < -0.39 is 0 Å². The van der Waals surface area contributed by atoms with Crippen LogP contribution in [0.15, 0.2) is 54.9 Å². The molecule has 0 saturated carbocycles. The van der Waals surface area contributed by atoms with E-state index in [4.69, 9.17) is 11.6 Å². The molecule has 6 nitrogen and oxygen atoms in total. The Morgan fingerprint density at radius 3 is 2.59 bits per heavy atom. The summed E-state index contributed by atoms with van der Waals surface area (Å²) in [6.07, 6.45) is 4.52. The number of pyridine rings is 1. The van der Waals surface area contributed by atoms with Gasteiger partial charge in [-0.25, -0.2) is 4.98 Å². The van der Waals surface area contributed by atoms with Crippen LogP contribution >= 0.6 is 11.6 Å². The molecule has 0 fully saturated rings. The summed E-state index contributed by atoms with van der Waals surface area (Å²) in [5.41, 5.74) is 2.69. The van der Waals surface area contributed by atoms with Gasteiger partial charge < -0.3 is 15.5 Å². The fourth-order valence-corrected chi connectivity index (χ4v) is 2.76. The van der Waals surface area contributed by atoms with Crippen LogP contribution in [-0.4, -0.2) is 47.0 Å². The Labute approximate surface area is 164 Å². The van der Waals surface area contributed by atoms with Gasteiger partial charge in [-0.1, -0.05) is 17.7 Å². The summed E-state index contributed by atoms with van der Waals surface area (Å²) in [4.78, 5) is 15.5. The highest BCUT2D eigenvalue weighted by Gasteiger charge is 2.08. The van der Waals surface area contributed by atoms with Gasteiger partial charge in [-0.2, -0.15) is 4.98 Å². The van der Waals surface area contributed by atoms with Crippen molar-refractivity contribution in [2.45, 2.75) is 6.42 Å². The van der Waals surface area contributed by atoms with Gasteiger partial charge in [-0.05, 0) is 57.4 Å². The molecule has 0 spiro atoms. The Balaban J connectivity index is 1.83. The van der Waals surface area contributed by atoms with Crippen LogP contribution in [0.4, 0.5) is 17.5 Å². The molecule has 0 aliphatic rings. The van der Waals surface area contributed by atoms with Gasteiger partial charge in [0, 0.05) is 41.3 Å². The largest absolute Gasteiger partial charge is 0.354 e. The lowest BCUT2D eigenvalue weighted by Crippen LogP contribution is -2.17. The Morgan fingerprint density at radius 2 is 1.85 bits per heavy atom. The van der Waals surface area contributed by atoms with Crippen molar-refractivity contribution in [3.8, 4) is 11.3 Å². The lowest BCUT2D eigenvalue weighted by molar-refractivity contribution is 0.405. The maximum atomic E-state index is 6.08. The molecule has 1 aromatic carbocycles. The zero-order valence-electron chi connectivity index (χ0n) is 15.5. The van der Waals surface area contributed by atoms with Crippen molar-refractivity contribution in [1.82, 2.24) is 19.9 Å². The summed E-state index contributed by atoms with van der Waals surface area (Å²) in [6.45, 7) is 1.80. The molecule has 2 aromatic heterocycles. The van der Waals surface area contributed by atoms with E-state index >= 15 is 0 Å². The van der Waals surface area contributed by atoms with E-state index in [1.165, 1.54) is 0 Å². The predicted molar refractivity (Wildman–Crippen MR) is 112 cm³/mol. The van der Waals surface area contributed by atoms with Gasteiger partial charge in [0.05, 0.1) is 5.69 Å². The van der Waals surface area contributed by atoms with Crippen LogP contribution in [0.25, 0.3) is 11.3 Å². The summed E-state index contributed by atoms with van der Waals surface area (Å²) in [7, 11) is 4.13. The van der Waals surface area contributed by atoms with Crippen LogP contribution in [0.1, 0.15) is 6.42 Å². The van der Waals surface area contributed by atoms with Gasteiger partial charge >= 0.3 is 0 Å². The van der Waals surface area contributed by atoms with Crippen molar-refractivity contribution < 1.29 is 0 Å². The van der Waals surface area contributed by atoms with E-state index in [0.29, 0.717) is 16.8 Å². The normalized spacial score (nSPS) is 10.8. The molecule has 27 heavy (non-hydrogen) atoms. The first kappa shape index (κ1) is 19.1. The van der Waals surface area contributed by atoms with Crippen molar-refractivity contribution in [3.63, 3.8) is 0 Å². The van der Waals surface area contributed by atoms with E-state index in [9.17, 15) is 0 Å². The molecule has 0 bridgehead atoms. The first-order valence-corrected chi connectivity index (χ1v) is 9.18. The van der Waals surface area contributed by atoms with Crippen LogP contribution in [0.5, 0.6) is 0 Å². The van der Waals surface area contributed by atoms with Gasteiger partial charge in [0.2, 0.25) is 5.95 Å². The van der Waals surface area contributed by atoms with E-state index in [-0.39, 0.29) is 0 Å². The van der Waals surface area contributed by atoms with E-state index in [0.717, 1.165) is 36.5 Å². The molecule has 0 radical (unpaired) electrons. The number of benzene rings is 1. The Kier molecular flexibility index (Phi) is 6.57. The van der Waals surface area contributed by atoms with Crippen LogP contribution in [-0.2, 0) is 0 Å². The molecular weight excluding hydrogens is 360 g/mol. The highest BCUT2D eigenvalue weighted by atomic mass is 35.5. The number of hydrogen-bond donors (Lipinski definition) is 2. The minimum atomic E-state index is 0.590. The lowest BCUT2D eigenvalue weighted by Gasteiger charge is -2.13. The van der Waals surface area contributed by atoms with Crippen LogP contribution in [0, 0.1) is 0 Å². The minimum absolute atomic E-state index is 0.590. The van der Waals surface area contributed by atoms with Gasteiger partial charge in [-0.3, -0.25) is 4.98 Å². The van der Waals surface area contributed by atoms with E-state index in [2.05, 4.69) is 44.6 Å². The third kappa shape index (κ3) is 5.91. The van der Waals surface area contributed by atoms with Crippen LogP contribution < -0.4 is 10.6 Å². The van der Waals surface area contributed by atoms with Gasteiger partial charge in [-0.15, -0.1) is 0 Å². The molecule has 140 valence electrons. The van der Waals surface area contributed by atoms with Crippen molar-refractivity contribution in [2.24, 2.45) is 0 Å². The molecule has 0 amide bonds. The quantitative estimate of drug-likeness (QED) is 0.566. The predicted octanol–water partition coefficient (Wildman–Crippen LogP) is 4.30. The Morgan fingerprint density at radius 1 is 1.04 bits per heavy atom. The number of nitrogens with zero attached hydrogens (tertiary/aromatic N) is 4. The zero-order valence-corrected chi connectivity index (χ0v) is 16.2. The average molecular weight is 383 g/mol. The Hall–Kier alpha value is -2.70. The summed E-state index contributed by atoms with van der Waals surface area (Å²) >= 11 is 6.08. The molecule has 2 heterocycles. The van der Waals surface area contributed by atoms with E-state index in [1.807, 2.05) is 42.5 Å². The second-order valence-corrected chi connectivity index (χ2v) is 6.85. The number of hydrogen-bond acceptors (Lipinski definition) is 6. The van der Waals surface area contributed by atoms with Crippen LogP contribution in [0.2, 0.25) is 5.02 Å². The zero-order chi connectivity index (χ0) is 19.1. The summed E-state index contributed by atoms with van der Waals surface area (Å²) < 4.78 is 0. The Bertz CT molecular complexity index is 869. The molecule has 0 saturated heterocycles. The van der Waals surface area contributed by atoms with Gasteiger partial charge in [0.1, 0.15) is 5.82 Å². The molecule has 0 aliphatic carbocycles. The summed E-state index contributed by atoms with van der Waals surface area (Å²) in [5, 5.41) is 7.29. The second-order valence-electron chi connectivity index (χ2n) is 6.42. The number of aromatic nitrogens is 3.